The Hall–Kier alpha value is 0.140. The molecule has 0 rings (SSSR count). The van der Waals surface area contributed by atoms with Gasteiger partial charge in [-0.15, -0.1) is 0 Å². The molecule has 0 aromatic heterocycles. The van der Waals surface area contributed by atoms with E-state index in [4.69, 9.17) is 9.63 Å². The predicted octanol–water partition coefficient (Wildman–Crippen LogP) is 1.39. The lowest BCUT2D eigenvalue weighted by molar-refractivity contribution is 0.217. The van der Waals surface area contributed by atoms with E-state index in [1.807, 2.05) is 0 Å². The van der Waals surface area contributed by atoms with Gasteiger partial charge in [-0.2, -0.15) is 0 Å². The first-order valence-electron chi connectivity index (χ1n) is 4.39. The van der Waals surface area contributed by atoms with Gasteiger partial charge in [-0.05, 0) is 19.1 Å². The summed E-state index contributed by atoms with van der Waals surface area (Å²) in [5.74, 6) is 0. The summed E-state index contributed by atoms with van der Waals surface area (Å²) in [6.45, 7) is 0.707. The smallest absolute Gasteiger partial charge is 0.247 e. The van der Waals surface area contributed by atoms with E-state index in [0.717, 1.165) is 25.7 Å². The normalized spacial score (nSPS) is 15.6. The fourth-order valence-electron chi connectivity index (χ4n) is 0.827. The van der Waals surface area contributed by atoms with Crippen molar-refractivity contribution in [1.29, 1.82) is 0 Å². The molecule has 0 aliphatic rings. The highest BCUT2D eigenvalue weighted by atomic mass is 31.2. The molecule has 0 bridgehead atoms. The maximum atomic E-state index is 9.24. The van der Waals surface area contributed by atoms with Crippen LogP contribution in [0.1, 0.15) is 25.7 Å². The third-order valence-electron chi connectivity index (χ3n) is 1.63. The molecule has 0 heterocycles. The van der Waals surface area contributed by atoms with E-state index >= 15 is 0 Å². The number of hydrogen-bond acceptors (Lipinski definition) is 4. The standard InChI is InChI=1S/C8H19O4P/c1-11-13(2,10)12-8-6-4-3-5-7-9/h9-10H,2-8H2,1H3. The van der Waals surface area contributed by atoms with Crippen LogP contribution in [-0.2, 0) is 9.05 Å². The van der Waals surface area contributed by atoms with E-state index in [2.05, 4.69) is 10.8 Å². The van der Waals surface area contributed by atoms with Gasteiger partial charge in [-0.25, -0.2) is 0 Å². The molecule has 0 aliphatic carbocycles. The summed E-state index contributed by atoms with van der Waals surface area (Å²) in [5, 5.41) is 8.49. The van der Waals surface area contributed by atoms with Gasteiger partial charge in [0.1, 0.15) is 0 Å². The molecule has 0 spiro atoms. The lowest BCUT2D eigenvalue weighted by Gasteiger charge is -2.14. The van der Waals surface area contributed by atoms with E-state index in [1.165, 1.54) is 7.11 Å². The van der Waals surface area contributed by atoms with E-state index in [1.54, 1.807) is 0 Å². The monoisotopic (exact) mass is 210 g/mol. The Morgan fingerprint density at radius 2 is 1.85 bits per heavy atom. The average molecular weight is 210 g/mol. The molecule has 0 amide bonds. The zero-order valence-corrected chi connectivity index (χ0v) is 9.00. The Kier molecular flexibility index (Phi) is 7.62. The van der Waals surface area contributed by atoms with Gasteiger partial charge in [-0.3, -0.25) is 0 Å². The summed E-state index contributed by atoms with van der Waals surface area (Å²) >= 11 is 0. The maximum Gasteiger partial charge on any atom is 0.247 e. The number of aliphatic hydroxyl groups is 1. The van der Waals surface area contributed by atoms with Gasteiger partial charge in [0, 0.05) is 13.7 Å². The molecule has 4 nitrogen and oxygen atoms in total. The van der Waals surface area contributed by atoms with Gasteiger partial charge < -0.3 is 19.0 Å². The van der Waals surface area contributed by atoms with Crippen molar-refractivity contribution in [1.82, 2.24) is 0 Å². The molecule has 0 saturated carbocycles. The quantitative estimate of drug-likeness (QED) is 0.469. The molecule has 5 heteroatoms. The van der Waals surface area contributed by atoms with Crippen LogP contribution in [0.4, 0.5) is 0 Å². The number of hydrogen-bond donors (Lipinski definition) is 2. The van der Waals surface area contributed by atoms with Gasteiger partial charge in [0.2, 0.25) is 7.57 Å². The molecule has 2 N–H and O–H groups in total. The van der Waals surface area contributed by atoms with Crippen LogP contribution in [-0.4, -0.2) is 36.6 Å². The Bertz CT molecular complexity index is 160. The summed E-state index contributed by atoms with van der Waals surface area (Å²) < 4.78 is 9.69. The molecular formula is C8H19O4P. The SMILES string of the molecule is C=P(O)(OC)OCCCCCCO. The zero-order chi connectivity index (χ0) is 10.2. The Labute approximate surface area is 79.7 Å². The summed E-state index contributed by atoms with van der Waals surface area (Å²) in [6.07, 6.45) is 7.07. The summed E-state index contributed by atoms with van der Waals surface area (Å²) in [4.78, 5) is 9.24. The molecule has 0 aromatic rings. The summed E-state index contributed by atoms with van der Waals surface area (Å²) in [5.41, 5.74) is 0. The van der Waals surface area contributed by atoms with E-state index in [0.29, 0.717) is 6.61 Å². The van der Waals surface area contributed by atoms with Crippen LogP contribution in [0.3, 0.4) is 0 Å². The van der Waals surface area contributed by atoms with Crippen molar-refractivity contribution in [3.05, 3.63) is 0 Å². The minimum Gasteiger partial charge on any atom is -0.396 e. The summed E-state index contributed by atoms with van der Waals surface area (Å²) in [6, 6.07) is 0. The first kappa shape index (κ1) is 13.1. The topological polar surface area (TPSA) is 58.9 Å². The highest BCUT2D eigenvalue weighted by molar-refractivity contribution is 7.58. The first-order chi connectivity index (χ1) is 6.12. The molecule has 0 saturated heterocycles. The highest BCUT2D eigenvalue weighted by Gasteiger charge is 2.07. The third kappa shape index (κ3) is 8.47. The van der Waals surface area contributed by atoms with Gasteiger partial charge >= 0.3 is 0 Å². The van der Waals surface area contributed by atoms with Gasteiger partial charge in [0.25, 0.3) is 0 Å². The number of rotatable bonds is 8. The molecule has 1 unspecified atom stereocenters. The van der Waals surface area contributed by atoms with Crippen LogP contribution in [0.5, 0.6) is 0 Å². The average Bonchev–Trinajstić information content (AvgIpc) is 2.11. The maximum absolute atomic E-state index is 9.24. The molecule has 13 heavy (non-hydrogen) atoms. The zero-order valence-electron chi connectivity index (χ0n) is 8.11. The van der Waals surface area contributed by atoms with Crippen LogP contribution in [0.2, 0.25) is 0 Å². The molecule has 0 aliphatic heterocycles. The second-order valence-corrected chi connectivity index (χ2v) is 4.69. The molecule has 0 aromatic carbocycles. The number of unbranched alkanes of at least 4 members (excludes halogenated alkanes) is 3. The van der Waals surface area contributed by atoms with Gasteiger partial charge in [0.05, 0.1) is 6.61 Å². The molecule has 1 atom stereocenters. The minimum absolute atomic E-state index is 0.241. The highest BCUT2D eigenvalue weighted by Crippen LogP contribution is 2.41. The van der Waals surface area contributed by atoms with Gasteiger partial charge in [0.15, 0.2) is 0 Å². The lowest BCUT2D eigenvalue weighted by Crippen LogP contribution is -1.95. The van der Waals surface area contributed by atoms with Crippen molar-refractivity contribution in [3.8, 4) is 0 Å². The van der Waals surface area contributed by atoms with Crippen molar-refractivity contribution < 1.29 is 19.0 Å². The van der Waals surface area contributed by atoms with E-state index in [9.17, 15) is 4.89 Å². The van der Waals surface area contributed by atoms with Crippen LogP contribution in [0, 0.1) is 0 Å². The van der Waals surface area contributed by atoms with Crippen molar-refractivity contribution >= 4 is 13.9 Å². The van der Waals surface area contributed by atoms with Crippen molar-refractivity contribution in [3.63, 3.8) is 0 Å². The second-order valence-electron chi connectivity index (χ2n) is 2.79. The predicted molar refractivity (Wildman–Crippen MR) is 54.8 cm³/mol. The van der Waals surface area contributed by atoms with Gasteiger partial charge in [-0.1, -0.05) is 12.8 Å². The fraction of sp³-hybridized carbons (Fsp3) is 0.875. The largest absolute Gasteiger partial charge is 0.396 e. The third-order valence-corrected chi connectivity index (χ3v) is 2.79. The minimum atomic E-state index is -2.78. The van der Waals surface area contributed by atoms with Crippen molar-refractivity contribution in [2.75, 3.05) is 20.3 Å². The molecule has 0 radical (unpaired) electrons. The summed E-state index contributed by atoms with van der Waals surface area (Å²) in [7, 11) is -1.40. The second kappa shape index (κ2) is 7.54. The van der Waals surface area contributed by atoms with Crippen LogP contribution < -0.4 is 0 Å². The Balaban J connectivity index is 3.21. The molecule has 80 valence electrons. The fourth-order valence-corrected chi connectivity index (χ4v) is 1.35. The van der Waals surface area contributed by atoms with Crippen molar-refractivity contribution in [2.24, 2.45) is 0 Å². The first-order valence-corrected chi connectivity index (χ1v) is 6.16. The molecule has 0 fully saturated rings. The van der Waals surface area contributed by atoms with Crippen LogP contribution in [0.25, 0.3) is 0 Å². The number of aliphatic hydroxyl groups excluding tert-OH is 1. The van der Waals surface area contributed by atoms with Crippen LogP contribution in [0.15, 0.2) is 0 Å². The van der Waals surface area contributed by atoms with Crippen molar-refractivity contribution in [2.45, 2.75) is 25.7 Å². The Morgan fingerprint density at radius 1 is 1.23 bits per heavy atom. The Morgan fingerprint density at radius 3 is 2.38 bits per heavy atom. The lowest BCUT2D eigenvalue weighted by atomic mass is 10.2. The van der Waals surface area contributed by atoms with Crippen LogP contribution >= 0.6 is 7.57 Å². The molecular weight excluding hydrogens is 191 g/mol. The van der Waals surface area contributed by atoms with E-state index in [-0.39, 0.29) is 6.61 Å². The van der Waals surface area contributed by atoms with E-state index < -0.39 is 7.57 Å².